The average Bonchev–Trinajstić information content (AvgIpc) is 4.25. The number of allylic oxidation sites excluding steroid dienone is 8. The summed E-state index contributed by atoms with van der Waals surface area (Å²) in [6, 6.07) is 77.6. The van der Waals surface area contributed by atoms with E-state index in [2.05, 4.69) is 257 Å². The summed E-state index contributed by atoms with van der Waals surface area (Å²) < 4.78 is 2.83. The number of hydrogen-bond donors (Lipinski definition) is 0. The van der Waals surface area contributed by atoms with Gasteiger partial charge in [-0.2, -0.15) is 0 Å². The molecule has 0 aliphatic heterocycles. The van der Waals surface area contributed by atoms with E-state index in [1.807, 2.05) is 0 Å². The fraction of sp³-hybridized carbons (Fsp3) is 0.0909. The van der Waals surface area contributed by atoms with E-state index in [1.165, 1.54) is 154 Å². The zero-order valence-corrected chi connectivity index (χ0v) is 46.1. The average molecular weight is 1100 g/mol. The Labute approximate surface area is 456 Å². The van der Waals surface area contributed by atoms with E-state index in [0.717, 1.165) is 25.7 Å². The maximum atomic E-state index is 2.37. The Morgan fingerprint density at radius 2 is 0.671 bits per heavy atom. The molecule has 0 bridgehead atoms. The van der Waals surface area contributed by atoms with Crippen molar-refractivity contribution < 1.29 is 73.3 Å². The Balaban J connectivity index is 0.000000138. The van der Waals surface area contributed by atoms with Crippen molar-refractivity contribution in [2.45, 2.75) is 39.5 Å². The Bertz CT molecular complexity index is 3160. The van der Waals surface area contributed by atoms with Crippen molar-refractivity contribution >= 4 is 60.6 Å². The Kier molecular flexibility index (Phi) is 19.2. The summed E-state index contributed by atoms with van der Waals surface area (Å²) in [5.74, 6) is 0. The quantitative estimate of drug-likeness (QED) is 0.133. The second-order valence-corrected chi connectivity index (χ2v) is 19.7. The van der Waals surface area contributed by atoms with Crippen LogP contribution in [0.25, 0.3) is 54.2 Å². The van der Waals surface area contributed by atoms with Gasteiger partial charge in [0, 0.05) is 0 Å². The summed E-state index contributed by atoms with van der Waals surface area (Å²) in [7, 11) is 0. The van der Waals surface area contributed by atoms with Gasteiger partial charge in [0.05, 0.1) is 0 Å². The Hall–Kier alpha value is -5.45. The molecule has 0 amide bonds. The van der Waals surface area contributed by atoms with Crippen LogP contribution in [-0.4, -0.2) is 6.41 Å². The molecular weight excluding hydrogens is 1050 g/mol. The SMILES string of the molecule is CCC1=CCC(c2cccc3c2[cH-]c2ccccc23)=C1.CCC1=CCC(c2cccc3c2[cH-]c2ccccc23)=C1.[Cl-].[Cl-].[Zr]=[C](c1ccccc1)c1ccccc1.[Zr]=[C](c1ccccc1)c1ccccc1. The third-order valence-corrected chi connectivity index (χ3v) is 15.8. The van der Waals surface area contributed by atoms with Gasteiger partial charge in [0.15, 0.2) is 0 Å². The van der Waals surface area contributed by atoms with Crippen LogP contribution in [-0.2, 0) is 48.5 Å². The van der Waals surface area contributed by atoms with E-state index in [9.17, 15) is 0 Å². The molecule has 0 spiro atoms. The maximum absolute atomic E-state index is 2.37. The third-order valence-electron chi connectivity index (χ3n) is 13.0. The van der Waals surface area contributed by atoms with E-state index >= 15 is 0 Å². The van der Waals surface area contributed by atoms with Crippen LogP contribution in [0.1, 0.15) is 72.9 Å². The molecule has 0 N–H and O–H groups in total. The zero-order valence-electron chi connectivity index (χ0n) is 39.7. The van der Waals surface area contributed by atoms with Crippen LogP contribution in [0.5, 0.6) is 0 Å². The van der Waals surface area contributed by atoms with Crippen LogP contribution in [0.4, 0.5) is 0 Å². The van der Waals surface area contributed by atoms with Crippen LogP contribution in [0, 0.1) is 0 Å². The molecule has 0 unspecified atom stereocenters. The van der Waals surface area contributed by atoms with Crippen LogP contribution in [0.3, 0.4) is 0 Å². The van der Waals surface area contributed by atoms with Crippen LogP contribution in [0.15, 0.2) is 254 Å². The van der Waals surface area contributed by atoms with Crippen molar-refractivity contribution in [1.29, 1.82) is 0 Å². The summed E-state index contributed by atoms with van der Waals surface area (Å²) >= 11 is 2.92. The first kappa shape index (κ1) is 52.4. The molecule has 0 fully saturated rings. The normalized spacial score (nSPS) is 12.3. The van der Waals surface area contributed by atoms with Crippen LogP contribution in [0.2, 0.25) is 0 Å². The zero-order chi connectivity index (χ0) is 46.7. The van der Waals surface area contributed by atoms with Gasteiger partial charge in [0.25, 0.3) is 0 Å². The Morgan fingerprint density at radius 1 is 0.371 bits per heavy atom. The molecule has 0 aromatic heterocycles. The van der Waals surface area contributed by atoms with Gasteiger partial charge >= 0.3 is 198 Å². The summed E-state index contributed by atoms with van der Waals surface area (Å²) in [4.78, 5) is 0. The molecule has 0 saturated carbocycles. The van der Waals surface area contributed by atoms with Crippen LogP contribution >= 0.6 is 0 Å². The number of halogens is 2. The van der Waals surface area contributed by atoms with E-state index in [0.29, 0.717) is 0 Å². The van der Waals surface area contributed by atoms with Gasteiger partial charge in [-0.05, 0) is 25.7 Å². The van der Waals surface area contributed by atoms with Gasteiger partial charge in [-0.15, -0.1) is 67.4 Å². The van der Waals surface area contributed by atoms with Gasteiger partial charge in [0.1, 0.15) is 0 Å². The number of benzene rings is 8. The minimum absolute atomic E-state index is 0. The second-order valence-electron chi connectivity index (χ2n) is 17.2. The van der Waals surface area contributed by atoms with E-state index in [4.69, 9.17) is 0 Å². The van der Waals surface area contributed by atoms with E-state index < -0.39 is 0 Å². The van der Waals surface area contributed by atoms with Gasteiger partial charge in [0.2, 0.25) is 0 Å². The molecule has 0 radical (unpaired) electrons. The van der Waals surface area contributed by atoms with Crippen molar-refractivity contribution in [3.63, 3.8) is 0 Å². The van der Waals surface area contributed by atoms with Crippen molar-refractivity contribution in [3.8, 4) is 0 Å². The van der Waals surface area contributed by atoms with E-state index in [1.54, 1.807) is 0 Å². The van der Waals surface area contributed by atoms with E-state index in [-0.39, 0.29) is 24.8 Å². The van der Waals surface area contributed by atoms with Gasteiger partial charge < -0.3 is 24.8 Å². The first-order valence-electron chi connectivity index (χ1n) is 23.8. The molecule has 4 heteroatoms. The van der Waals surface area contributed by atoms with Crippen molar-refractivity contribution in [3.05, 3.63) is 287 Å². The minimum atomic E-state index is 0. The van der Waals surface area contributed by atoms with Crippen molar-refractivity contribution in [1.82, 2.24) is 0 Å². The van der Waals surface area contributed by atoms with Gasteiger partial charge in [-0.3, -0.25) is 0 Å². The fourth-order valence-corrected chi connectivity index (χ4v) is 10.9. The Morgan fingerprint density at radius 3 is 0.986 bits per heavy atom. The molecule has 0 saturated heterocycles. The predicted molar refractivity (Wildman–Crippen MR) is 288 cm³/mol. The van der Waals surface area contributed by atoms with Crippen LogP contribution < -0.4 is 24.8 Å². The number of fused-ring (bicyclic) bond motifs is 6. The third kappa shape index (κ3) is 12.3. The molecule has 10 aromatic rings. The second kappa shape index (κ2) is 25.6. The molecule has 70 heavy (non-hydrogen) atoms. The molecule has 12 rings (SSSR count). The van der Waals surface area contributed by atoms with Gasteiger partial charge in [-0.25, -0.2) is 0 Å². The summed E-state index contributed by atoms with van der Waals surface area (Å²) in [6.45, 7) is 4.45. The summed E-state index contributed by atoms with van der Waals surface area (Å²) in [5.41, 5.74) is 14.0. The van der Waals surface area contributed by atoms with Gasteiger partial charge in [-0.1, -0.05) is 144 Å². The van der Waals surface area contributed by atoms with Crippen molar-refractivity contribution in [2.24, 2.45) is 0 Å². The first-order chi connectivity index (χ1) is 33.5. The first-order valence-corrected chi connectivity index (χ1v) is 26.3. The molecule has 10 aromatic carbocycles. The summed E-state index contributed by atoms with van der Waals surface area (Å²) in [6.07, 6.45) is 13.9. The molecular formula is C66H54Cl2Zr2-4. The fourth-order valence-electron chi connectivity index (χ4n) is 9.30. The topological polar surface area (TPSA) is 0 Å². The molecule has 2 aliphatic carbocycles. The molecule has 344 valence electrons. The predicted octanol–water partition coefficient (Wildman–Crippen LogP) is 11.3. The monoisotopic (exact) mass is 1100 g/mol. The van der Waals surface area contributed by atoms with Crippen molar-refractivity contribution in [2.75, 3.05) is 0 Å². The molecule has 0 atom stereocenters. The molecule has 2 aliphatic rings. The molecule has 0 nitrogen and oxygen atoms in total. The number of rotatable bonds is 8. The molecule has 0 heterocycles. The number of hydrogen-bond acceptors (Lipinski definition) is 0. The summed E-state index contributed by atoms with van der Waals surface area (Å²) in [5, 5.41) is 11.0. The standard InChI is InChI=1S/2C20H17.2C13H10.2ClH.2Zr/c2*1-2-14-10-11-16(12-14)18-8-5-9-19-17-7-4-3-6-15(17)13-20(18)19;2*1-3-7-12(8-4-1)11-13-9-5-2-6-10-13;;;;/h2*3-10,12-13H,2,11H2,1H3;2*1-10H;2*1H;;/q2*-1;;;;;;/p-2.